The second-order valence-electron chi connectivity index (χ2n) is 4.89. The van der Waals surface area contributed by atoms with Crippen LogP contribution in [0.4, 0.5) is 0 Å². The fourth-order valence-corrected chi connectivity index (χ4v) is 3.18. The predicted octanol–water partition coefficient (Wildman–Crippen LogP) is 4.17. The number of halogens is 2. The average Bonchev–Trinajstić information content (AvgIpc) is 2.45. The Hall–Kier alpha value is -1.07. The predicted molar refractivity (Wildman–Crippen MR) is 90.7 cm³/mol. The van der Waals surface area contributed by atoms with Crippen molar-refractivity contribution in [2.24, 2.45) is 5.84 Å². The Balaban J connectivity index is 2.24. The fraction of sp³-hybridized carbons (Fsp3) is 0.250. The van der Waals surface area contributed by atoms with Crippen molar-refractivity contribution in [1.82, 2.24) is 5.43 Å². The summed E-state index contributed by atoms with van der Waals surface area (Å²) >= 11 is 9.51. The average molecular weight is 370 g/mol. The van der Waals surface area contributed by atoms with Crippen LogP contribution in [0.5, 0.6) is 5.75 Å². The van der Waals surface area contributed by atoms with Crippen LogP contribution in [-0.4, -0.2) is 7.11 Å². The molecular weight excluding hydrogens is 352 g/mol. The third kappa shape index (κ3) is 3.98. The van der Waals surface area contributed by atoms with Gasteiger partial charge in [-0.15, -0.1) is 0 Å². The van der Waals surface area contributed by atoms with E-state index in [1.165, 1.54) is 5.56 Å². The zero-order valence-corrected chi connectivity index (χ0v) is 14.3. The molecule has 0 aliphatic carbocycles. The van der Waals surface area contributed by atoms with E-state index in [-0.39, 0.29) is 6.04 Å². The van der Waals surface area contributed by atoms with Gasteiger partial charge in [0.1, 0.15) is 5.75 Å². The number of rotatable bonds is 5. The lowest BCUT2D eigenvalue weighted by Crippen LogP contribution is -2.30. The normalized spacial score (nSPS) is 12.2. The number of ether oxygens (including phenoxy) is 1. The van der Waals surface area contributed by atoms with Crippen LogP contribution in [0.15, 0.2) is 40.9 Å². The maximum Gasteiger partial charge on any atom is 0.133 e. The molecule has 0 aliphatic rings. The van der Waals surface area contributed by atoms with Gasteiger partial charge in [0, 0.05) is 5.02 Å². The Morgan fingerprint density at radius 2 is 2.05 bits per heavy atom. The van der Waals surface area contributed by atoms with Crippen LogP contribution in [0.2, 0.25) is 5.02 Å². The quantitative estimate of drug-likeness (QED) is 0.614. The van der Waals surface area contributed by atoms with Gasteiger partial charge in [0.05, 0.1) is 17.6 Å². The van der Waals surface area contributed by atoms with Gasteiger partial charge in [0.2, 0.25) is 0 Å². The van der Waals surface area contributed by atoms with E-state index in [0.717, 1.165) is 32.8 Å². The highest BCUT2D eigenvalue weighted by Crippen LogP contribution is 2.29. The minimum atomic E-state index is 0.0301. The number of methoxy groups -OCH3 is 1. The Kier molecular flexibility index (Phi) is 5.65. The molecule has 5 heteroatoms. The molecule has 0 bridgehead atoms. The minimum Gasteiger partial charge on any atom is -0.496 e. The molecule has 0 aromatic heterocycles. The second kappa shape index (κ2) is 7.27. The third-order valence-corrected chi connectivity index (χ3v) is 4.32. The van der Waals surface area contributed by atoms with E-state index in [2.05, 4.69) is 27.4 Å². The summed E-state index contributed by atoms with van der Waals surface area (Å²) in [5, 5.41) is 0.735. The summed E-state index contributed by atoms with van der Waals surface area (Å²) in [6.45, 7) is 2.04. The van der Waals surface area contributed by atoms with Crippen LogP contribution >= 0.6 is 27.5 Å². The molecule has 2 aromatic carbocycles. The summed E-state index contributed by atoms with van der Waals surface area (Å²) < 4.78 is 6.18. The second-order valence-corrected chi connectivity index (χ2v) is 6.18. The van der Waals surface area contributed by atoms with Crippen LogP contribution in [-0.2, 0) is 6.42 Å². The first-order valence-corrected chi connectivity index (χ1v) is 7.77. The molecule has 3 N–H and O–H groups in total. The van der Waals surface area contributed by atoms with Crippen LogP contribution in [0, 0.1) is 6.92 Å². The summed E-state index contributed by atoms with van der Waals surface area (Å²) in [4.78, 5) is 0. The number of benzene rings is 2. The Bertz CT molecular complexity index is 634. The number of nitrogens with two attached hydrogens (primary N) is 1. The van der Waals surface area contributed by atoms with Crippen molar-refractivity contribution in [2.45, 2.75) is 19.4 Å². The van der Waals surface area contributed by atoms with E-state index in [1.807, 2.05) is 37.3 Å². The van der Waals surface area contributed by atoms with E-state index in [9.17, 15) is 0 Å². The van der Waals surface area contributed by atoms with Crippen molar-refractivity contribution >= 4 is 27.5 Å². The van der Waals surface area contributed by atoms with Gasteiger partial charge in [-0.2, -0.15) is 0 Å². The van der Waals surface area contributed by atoms with E-state index in [0.29, 0.717) is 0 Å². The molecule has 3 nitrogen and oxygen atoms in total. The molecule has 1 atom stereocenters. The Morgan fingerprint density at radius 3 is 2.62 bits per heavy atom. The molecule has 1 unspecified atom stereocenters. The van der Waals surface area contributed by atoms with E-state index < -0.39 is 0 Å². The van der Waals surface area contributed by atoms with E-state index in [4.69, 9.17) is 22.2 Å². The van der Waals surface area contributed by atoms with Crippen molar-refractivity contribution in [1.29, 1.82) is 0 Å². The van der Waals surface area contributed by atoms with Crippen LogP contribution in [0.1, 0.15) is 22.7 Å². The molecule has 0 amide bonds. The number of nitrogens with one attached hydrogen (secondary N) is 1. The first-order valence-electron chi connectivity index (χ1n) is 6.59. The topological polar surface area (TPSA) is 47.3 Å². The first-order chi connectivity index (χ1) is 10.0. The molecule has 0 radical (unpaired) electrons. The zero-order valence-electron chi connectivity index (χ0n) is 12.0. The van der Waals surface area contributed by atoms with Crippen LogP contribution in [0.25, 0.3) is 0 Å². The summed E-state index contributed by atoms with van der Waals surface area (Å²) in [5.74, 6) is 6.55. The van der Waals surface area contributed by atoms with Crippen molar-refractivity contribution in [3.05, 3.63) is 62.6 Å². The Labute approximate surface area is 138 Å². The highest BCUT2D eigenvalue weighted by atomic mass is 79.9. The molecule has 2 rings (SSSR count). The summed E-state index contributed by atoms with van der Waals surface area (Å²) in [6.07, 6.45) is 0.779. The maximum atomic E-state index is 6.01. The number of hydrazine groups is 1. The van der Waals surface area contributed by atoms with Gasteiger partial charge in [-0.25, -0.2) is 0 Å². The van der Waals surface area contributed by atoms with Gasteiger partial charge in [0.25, 0.3) is 0 Å². The maximum absolute atomic E-state index is 6.01. The Morgan fingerprint density at radius 1 is 1.29 bits per heavy atom. The highest BCUT2D eigenvalue weighted by molar-refractivity contribution is 9.10. The molecular formula is C16H18BrClN2O. The van der Waals surface area contributed by atoms with Gasteiger partial charge in [-0.1, -0.05) is 23.7 Å². The van der Waals surface area contributed by atoms with E-state index in [1.54, 1.807) is 7.11 Å². The molecule has 2 aromatic rings. The summed E-state index contributed by atoms with van der Waals surface area (Å²) in [7, 11) is 1.65. The van der Waals surface area contributed by atoms with Gasteiger partial charge < -0.3 is 4.74 Å². The third-order valence-electron chi connectivity index (χ3n) is 3.46. The molecule has 0 spiro atoms. The summed E-state index contributed by atoms with van der Waals surface area (Å²) in [6, 6.07) is 11.9. The molecule has 0 saturated heterocycles. The van der Waals surface area contributed by atoms with Gasteiger partial charge in [-0.3, -0.25) is 11.3 Å². The van der Waals surface area contributed by atoms with Gasteiger partial charge in [-0.05, 0) is 70.2 Å². The molecule has 0 saturated carbocycles. The lowest BCUT2D eigenvalue weighted by molar-refractivity contribution is 0.412. The molecule has 21 heavy (non-hydrogen) atoms. The van der Waals surface area contributed by atoms with Crippen molar-refractivity contribution in [3.63, 3.8) is 0 Å². The molecule has 0 heterocycles. The number of hydrogen-bond acceptors (Lipinski definition) is 3. The van der Waals surface area contributed by atoms with Crippen molar-refractivity contribution in [3.8, 4) is 5.75 Å². The lowest BCUT2D eigenvalue weighted by atomic mass is 9.96. The summed E-state index contributed by atoms with van der Waals surface area (Å²) in [5.41, 5.74) is 6.32. The molecule has 0 aliphatic heterocycles. The standard InChI is InChI=1S/C16H18BrClN2O/c1-10-7-12(18)4-5-13(10)15(20-19)9-11-3-6-16(21-2)14(17)8-11/h3-8,15,20H,9,19H2,1-2H3. The van der Waals surface area contributed by atoms with Crippen molar-refractivity contribution in [2.75, 3.05) is 7.11 Å². The molecule has 0 fully saturated rings. The van der Waals surface area contributed by atoms with E-state index >= 15 is 0 Å². The zero-order chi connectivity index (χ0) is 15.4. The lowest BCUT2D eigenvalue weighted by Gasteiger charge is -2.19. The largest absolute Gasteiger partial charge is 0.496 e. The van der Waals surface area contributed by atoms with Crippen LogP contribution in [0.3, 0.4) is 0 Å². The van der Waals surface area contributed by atoms with Gasteiger partial charge in [0.15, 0.2) is 0 Å². The minimum absolute atomic E-state index is 0.0301. The van der Waals surface area contributed by atoms with Gasteiger partial charge >= 0.3 is 0 Å². The SMILES string of the molecule is COc1ccc(CC(NN)c2ccc(Cl)cc2C)cc1Br. The first kappa shape index (κ1) is 16.3. The number of hydrogen-bond donors (Lipinski definition) is 2. The monoisotopic (exact) mass is 368 g/mol. The molecule has 112 valence electrons. The van der Waals surface area contributed by atoms with Crippen LogP contribution < -0.4 is 16.0 Å². The number of aryl methyl sites for hydroxylation is 1. The fourth-order valence-electron chi connectivity index (χ4n) is 2.36. The van der Waals surface area contributed by atoms with Crippen molar-refractivity contribution < 1.29 is 4.74 Å². The smallest absolute Gasteiger partial charge is 0.133 e. The highest BCUT2D eigenvalue weighted by Gasteiger charge is 2.14.